The molecule has 82 valence electrons. The van der Waals surface area contributed by atoms with Crippen molar-refractivity contribution in [1.82, 2.24) is 4.90 Å². The predicted molar refractivity (Wildman–Crippen MR) is 62.5 cm³/mol. The van der Waals surface area contributed by atoms with Crippen LogP contribution in [0.15, 0.2) is 24.8 Å². The number of thiophene rings is 1. The van der Waals surface area contributed by atoms with Crippen LogP contribution in [-0.4, -0.2) is 35.6 Å². The van der Waals surface area contributed by atoms with Gasteiger partial charge in [-0.25, -0.2) is 0 Å². The second-order valence-corrected chi connectivity index (χ2v) is 4.58. The summed E-state index contributed by atoms with van der Waals surface area (Å²) < 4.78 is 0.584. The molecule has 0 aliphatic carbocycles. The van der Waals surface area contributed by atoms with E-state index >= 15 is 0 Å². The number of carbonyl (C=O) groups excluding carboxylic acids is 1. The Kier molecular flexibility index (Phi) is 4.81. The molecule has 1 amide bonds. The average Bonchev–Trinajstić information content (AvgIpc) is 2.63. The van der Waals surface area contributed by atoms with Gasteiger partial charge in [-0.2, -0.15) is 0 Å². The lowest BCUT2D eigenvalue weighted by Gasteiger charge is -2.18. The molecule has 0 aliphatic heterocycles. The van der Waals surface area contributed by atoms with Gasteiger partial charge in [-0.1, -0.05) is 17.7 Å². The number of halogens is 1. The van der Waals surface area contributed by atoms with Crippen molar-refractivity contribution < 1.29 is 9.90 Å². The van der Waals surface area contributed by atoms with Crippen molar-refractivity contribution in [2.45, 2.75) is 0 Å². The number of carbonyl (C=O) groups is 1. The highest BCUT2D eigenvalue weighted by Crippen LogP contribution is 2.22. The number of aliphatic hydroxyl groups excluding tert-OH is 1. The maximum absolute atomic E-state index is 11.9. The zero-order valence-corrected chi connectivity index (χ0v) is 9.72. The lowest BCUT2D eigenvalue weighted by molar-refractivity contribution is 0.0747. The molecule has 1 heterocycles. The fraction of sp³-hybridized carbons (Fsp3) is 0.300. The topological polar surface area (TPSA) is 40.5 Å². The van der Waals surface area contributed by atoms with Crippen LogP contribution in [0.2, 0.25) is 4.34 Å². The molecule has 0 fully saturated rings. The van der Waals surface area contributed by atoms with E-state index in [0.29, 0.717) is 22.3 Å². The number of aliphatic hydroxyl groups is 1. The third-order valence-corrected chi connectivity index (χ3v) is 3.01. The van der Waals surface area contributed by atoms with E-state index in [9.17, 15) is 4.79 Å². The van der Waals surface area contributed by atoms with Gasteiger partial charge in [-0.15, -0.1) is 17.9 Å². The first-order valence-corrected chi connectivity index (χ1v) is 5.65. The molecule has 0 atom stereocenters. The molecular weight excluding hydrogens is 234 g/mol. The highest BCUT2D eigenvalue weighted by atomic mass is 35.5. The van der Waals surface area contributed by atoms with E-state index in [1.807, 2.05) is 0 Å². The smallest absolute Gasteiger partial charge is 0.264 e. The monoisotopic (exact) mass is 245 g/mol. The Morgan fingerprint density at radius 2 is 2.40 bits per heavy atom. The van der Waals surface area contributed by atoms with Crippen molar-refractivity contribution >= 4 is 28.8 Å². The summed E-state index contributed by atoms with van der Waals surface area (Å²) in [6, 6.07) is 3.37. The summed E-state index contributed by atoms with van der Waals surface area (Å²) in [5.74, 6) is -0.124. The molecule has 0 saturated carbocycles. The Balaban J connectivity index is 2.75. The van der Waals surface area contributed by atoms with Crippen LogP contribution in [0.25, 0.3) is 0 Å². The van der Waals surface area contributed by atoms with Gasteiger partial charge in [0.25, 0.3) is 5.91 Å². The number of amides is 1. The standard InChI is InChI=1S/C10H12ClNO2S/c1-2-5-12(6-7-13)10(14)8-3-4-9(11)15-8/h2-4,13H,1,5-7H2. The number of rotatable bonds is 5. The van der Waals surface area contributed by atoms with Gasteiger partial charge >= 0.3 is 0 Å². The van der Waals surface area contributed by atoms with Crippen molar-refractivity contribution in [1.29, 1.82) is 0 Å². The zero-order valence-electron chi connectivity index (χ0n) is 8.15. The quantitative estimate of drug-likeness (QED) is 0.807. The predicted octanol–water partition coefficient (Wildman–Crippen LogP) is 2.02. The molecule has 3 nitrogen and oxygen atoms in total. The SMILES string of the molecule is C=CCN(CCO)C(=O)c1ccc(Cl)s1. The van der Waals surface area contributed by atoms with Gasteiger partial charge in [0, 0.05) is 13.1 Å². The second-order valence-electron chi connectivity index (χ2n) is 2.87. The molecule has 15 heavy (non-hydrogen) atoms. The number of hydrogen-bond acceptors (Lipinski definition) is 3. The molecule has 1 rings (SSSR count). The van der Waals surface area contributed by atoms with Crippen LogP contribution in [0.1, 0.15) is 9.67 Å². The van der Waals surface area contributed by atoms with Gasteiger partial charge in [0.2, 0.25) is 0 Å². The summed E-state index contributed by atoms with van der Waals surface area (Å²) in [7, 11) is 0. The van der Waals surface area contributed by atoms with Crippen molar-refractivity contribution in [3.63, 3.8) is 0 Å². The van der Waals surface area contributed by atoms with Gasteiger partial charge in [0.05, 0.1) is 15.8 Å². The van der Waals surface area contributed by atoms with Crippen LogP contribution >= 0.6 is 22.9 Å². The molecule has 1 aromatic rings. The lowest BCUT2D eigenvalue weighted by atomic mass is 10.3. The molecule has 1 aromatic heterocycles. The first-order valence-electron chi connectivity index (χ1n) is 4.45. The van der Waals surface area contributed by atoms with Crippen LogP contribution in [0.5, 0.6) is 0 Å². The van der Waals surface area contributed by atoms with E-state index in [1.54, 1.807) is 18.2 Å². The Labute approximate surface area is 97.6 Å². The fourth-order valence-electron chi connectivity index (χ4n) is 1.14. The van der Waals surface area contributed by atoms with Crippen molar-refractivity contribution in [3.8, 4) is 0 Å². The first kappa shape index (κ1) is 12.2. The molecule has 1 N–H and O–H groups in total. The molecule has 0 aliphatic rings. The van der Waals surface area contributed by atoms with Gasteiger partial charge < -0.3 is 10.0 Å². The van der Waals surface area contributed by atoms with Crippen LogP contribution in [0.3, 0.4) is 0 Å². The second kappa shape index (κ2) is 5.90. The zero-order chi connectivity index (χ0) is 11.3. The van der Waals surface area contributed by atoms with E-state index in [1.165, 1.54) is 16.2 Å². The Morgan fingerprint density at radius 1 is 1.67 bits per heavy atom. The highest BCUT2D eigenvalue weighted by Gasteiger charge is 2.15. The average molecular weight is 246 g/mol. The maximum Gasteiger partial charge on any atom is 0.264 e. The third-order valence-electron chi connectivity index (χ3n) is 1.79. The summed E-state index contributed by atoms with van der Waals surface area (Å²) >= 11 is 6.98. The molecule has 0 bridgehead atoms. The van der Waals surface area contributed by atoms with Crippen LogP contribution < -0.4 is 0 Å². The van der Waals surface area contributed by atoms with E-state index in [0.717, 1.165) is 0 Å². The van der Waals surface area contributed by atoms with Gasteiger partial charge in [-0.3, -0.25) is 4.79 Å². The van der Waals surface area contributed by atoms with E-state index < -0.39 is 0 Å². The molecule has 0 aromatic carbocycles. The van der Waals surface area contributed by atoms with E-state index in [2.05, 4.69) is 6.58 Å². The summed E-state index contributed by atoms with van der Waals surface area (Å²) in [6.45, 7) is 4.24. The highest BCUT2D eigenvalue weighted by molar-refractivity contribution is 7.17. The fourth-order valence-corrected chi connectivity index (χ4v) is 2.15. The minimum Gasteiger partial charge on any atom is -0.395 e. The van der Waals surface area contributed by atoms with Gasteiger partial charge in [0.1, 0.15) is 0 Å². The minimum absolute atomic E-state index is 0.0569. The molecular formula is C10H12ClNO2S. The molecule has 5 heteroatoms. The third kappa shape index (κ3) is 3.34. The summed E-state index contributed by atoms with van der Waals surface area (Å²) in [5.41, 5.74) is 0. The summed E-state index contributed by atoms with van der Waals surface area (Å²) in [5, 5.41) is 8.81. The molecule has 0 radical (unpaired) electrons. The maximum atomic E-state index is 11.9. The van der Waals surface area contributed by atoms with Crippen molar-refractivity contribution in [3.05, 3.63) is 34.0 Å². The van der Waals surface area contributed by atoms with Crippen molar-refractivity contribution in [2.75, 3.05) is 19.7 Å². The minimum atomic E-state index is -0.124. The van der Waals surface area contributed by atoms with E-state index in [-0.39, 0.29) is 12.5 Å². The summed E-state index contributed by atoms with van der Waals surface area (Å²) in [4.78, 5) is 14.0. The molecule has 0 saturated heterocycles. The van der Waals surface area contributed by atoms with Gasteiger partial charge in [0.15, 0.2) is 0 Å². The van der Waals surface area contributed by atoms with Gasteiger partial charge in [-0.05, 0) is 12.1 Å². The normalized spacial score (nSPS) is 10.0. The van der Waals surface area contributed by atoms with Crippen LogP contribution in [0, 0.1) is 0 Å². The number of nitrogens with zero attached hydrogens (tertiary/aromatic N) is 1. The van der Waals surface area contributed by atoms with Crippen LogP contribution in [-0.2, 0) is 0 Å². The Bertz CT molecular complexity index is 351. The number of hydrogen-bond donors (Lipinski definition) is 1. The molecule has 0 unspecified atom stereocenters. The lowest BCUT2D eigenvalue weighted by Crippen LogP contribution is -2.33. The largest absolute Gasteiger partial charge is 0.395 e. The molecule has 0 spiro atoms. The summed E-state index contributed by atoms with van der Waals surface area (Å²) in [6.07, 6.45) is 1.63. The van der Waals surface area contributed by atoms with Crippen molar-refractivity contribution in [2.24, 2.45) is 0 Å². The Hall–Kier alpha value is -0.840. The van der Waals surface area contributed by atoms with E-state index in [4.69, 9.17) is 16.7 Å². The Morgan fingerprint density at radius 3 is 2.87 bits per heavy atom. The van der Waals surface area contributed by atoms with Crippen LogP contribution in [0.4, 0.5) is 0 Å². The first-order chi connectivity index (χ1) is 7.19.